The summed E-state index contributed by atoms with van der Waals surface area (Å²) in [6, 6.07) is 7.79. The standard InChI is InChI=1S/C14H20O4/c1-11(14(15)17-3)10-18-13-6-4-12(5-7-13)8-9-16-2/h4-7,11H,8-10H2,1-3H3. The summed E-state index contributed by atoms with van der Waals surface area (Å²) >= 11 is 0. The third-order valence-electron chi connectivity index (χ3n) is 2.62. The normalized spacial score (nSPS) is 11.9. The zero-order chi connectivity index (χ0) is 13.4. The van der Waals surface area contributed by atoms with Gasteiger partial charge in [0.05, 0.1) is 19.6 Å². The predicted molar refractivity (Wildman–Crippen MR) is 68.7 cm³/mol. The van der Waals surface area contributed by atoms with E-state index < -0.39 is 0 Å². The lowest BCUT2D eigenvalue weighted by Crippen LogP contribution is -2.19. The highest BCUT2D eigenvalue weighted by molar-refractivity contribution is 5.71. The third-order valence-corrected chi connectivity index (χ3v) is 2.62. The van der Waals surface area contributed by atoms with Crippen molar-refractivity contribution in [3.8, 4) is 5.75 Å². The van der Waals surface area contributed by atoms with E-state index in [1.54, 1.807) is 14.0 Å². The number of benzene rings is 1. The second-order valence-corrected chi connectivity index (χ2v) is 4.12. The van der Waals surface area contributed by atoms with Crippen molar-refractivity contribution < 1.29 is 19.0 Å². The highest BCUT2D eigenvalue weighted by atomic mass is 16.5. The molecule has 4 nitrogen and oxygen atoms in total. The van der Waals surface area contributed by atoms with Gasteiger partial charge in [0.1, 0.15) is 12.4 Å². The van der Waals surface area contributed by atoms with E-state index in [0.29, 0.717) is 13.2 Å². The van der Waals surface area contributed by atoms with E-state index in [0.717, 1.165) is 12.2 Å². The maximum Gasteiger partial charge on any atom is 0.311 e. The highest BCUT2D eigenvalue weighted by Crippen LogP contribution is 2.14. The van der Waals surface area contributed by atoms with Crippen LogP contribution in [0.3, 0.4) is 0 Å². The van der Waals surface area contributed by atoms with Crippen LogP contribution >= 0.6 is 0 Å². The Balaban J connectivity index is 2.41. The summed E-state index contributed by atoms with van der Waals surface area (Å²) in [6.45, 7) is 2.81. The molecule has 100 valence electrons. The van der Waals surface area contributed by atoms with Crippen molar-refractivity contribution in [1.82, 2.24) is 0 Å². The molecular weight excluding hydrogens is 232 g/mol. The van der Waals surface area contributed by atoms with Gasteiger partial charge in [0.15, 0.2) is 0 Å². The first kappa shape index (κ1) is 14.5. The zero-order valence-electron chi connectivity index (χ0n) is 11.1. The molecule has 0 heterocycles. The van der Waals surface area contributed by atoms with Crippen molar-refractivity contribution in [3.05, 3.63) is 29.8 Å². The van der Waals surface area contributed by atoms with E-state index in [4.69, 9.17) is 9.47 Å². The van der Waals surface area contributed by atoms with Crippen molar-refractivity contribution in [3.63, 3.8) is 0 Å². The van der Waals surface area contributed by atoms with Crippen LogP contribution < -0.4 is 4.74 Å². The lowest BCUT2D eigenvalue weighted by Gasteiger charge is -2.11. The largest absolute Gasteiger partial charge is 0.493 e. The molecule has 18 heavy (non-hydrogen) atoms. The first-order valence-electron chi connectivity index (χ1n) is 5.96. The van der Waals surface area contributed by atoms with Crippen molar-refractivity contribution in [2.45, 2.75) is 13.3 Å². The quantitative estimate of drug-likeness (QED) is 0.697. The van der Waals surface area contributed by atoms with Gasteiger partial charge in [-0.15, -0.1) is 0 Å². The molecule has 0 radical (unpaired) electrons. The van der Waals surface area contributed by atoms with Crippen LogP contribution in [0.4, 0.5) is 0 Å². The number of carbonyl (C=O) groups excluding carboxylic acids is 1. The Bertz CT molecular complexity index is 359. The molecule has 0 aliphatic rings. The molecule has 0 spiro atoms. The summed E-state index contributed by atoms with van der Waals surface area (Å²) in [5, 5.41) is 0. The van der Waals surface area contributed by atoms with E-state index in [2.05, 4.69) is 4.74 Å². The molecular formula is C14H20O4. The summed E-state index contributed by atoms with van der Waals surface area (Å²) in [5.74, 6) is 0.238. The number of esters is 1. The van der Waals surface area contributed by atoms with E-state index >= 15 is 0 Å². The lowest BCUT2D eigenvalue weighted by atomic mass is 10.1. The molecule has 1 atom stereocenters. The topological polar surface area (TPSA) is 44.8 Å². The average Bonchev–Trinajstić information content (AvgIpc) is 2.42. The molecule has 0 fully saturated rings. The number of rotatable bonds is 7. The molecule has 0 aliphatic heterocycles. The fourth-order valence-electron chi connectivity index (χ4n) is 1.46. The number of hydrogen-bond donors (Lipinski definition) is 0. The Hall–Kier alpha value is -1.55. The molecule has 0 aromatic heterocycles. The third kappa shape index (κ3) is 4.75. The summed E-state index contributed by atoms with van der Waals surface area (Å²) in [7, 11) is 3.06. The minimum atomic E-state index is -0.261. The summed E-state index contributed by atoms with van der Waals surface area (Å²) in [6.07, 6.45) is 0.884. The molecule has 0 N–H and O–H groups in total. The van der Waals surface area contributed by atoms with E-state index in [1.165, 1.54) is 12.7 Å². The molecule has 1 unspecified atom stereocenters. The lowest BCUT2D eigenvalue weighted by molar-refractivity contribution is -0.145. The van der Waals surface area contributed by atoms with Crippen molar-refractivity contribution in [2.75, 3.05) is 27.4 Å². The molecule has 0 saturated heterocycles. The van der Waals surface area contributed by atoms with Crippen molar-refractivity contribution in [1.29, 1.82) is 0 Å². The zero-order valence-corrected chi connectivity index (χ0v) is 11.1. The first-order chi connectivity index (χ1) is 8.67. The second-order valence-electron chi connectivity index (χ2n) is 4.12. The average molecular weight is 252 g/mol. The molecule has 4 heteroatoms. The minimum absolute atomic E-state index is 0.258. The van der Waals surface area contributed by atoms with Crippen LogP contribution in [0.1, 0.15) is 12.5 Å². The van der Waals surface area contributed by atoms with Crippen LogP contribution in [0.2, 0.25) is 0 Å². The van der Waals surface area contributed by atoms with Crippen LogP contribution in [0, 0.1) is 5.92 Å². The molecule has 0 amide bonds. The molecule has 1 aromatic carbocycles. The summed E-state index contributed by atoms with van der Waals surface area (Å²) in [5.41, 5.74) is 1.20. The van der Waals surface area contributed by atoms with Crippen LogP contribution in [-0.4, -0.2) is 33.4 Å². The van der Waals surface area contributed by atoms with Crippen LogP contribution in [0.5, 0.6) is 5.75 Å². The first-order valence-corrected chi connectivity index (χ1v) is 5.96. The number of carbonyl (C=O) groups is 1. The van der Waals surface area contributed by atoms with Crippen molar-refractivity contribution >= 4 is 5.97 Å². The Morgan fingerprint density at radius 3 is 2.44 bits per heavy atom. The SMILES string of the molecule is COCCc1ccc(OCC(C)C(=O)OC)cc1. The minimum Gasteiger partial charge on any atom is -0.493 e. The number of methoxy groups -OCH3 is 2. The number of hydrogen-bond acceptors (Lipinski definition) is 4. The maximum absolute atomic E-state index is 11.2. The Morgan fingerprint density at radius 2 is 1.89 bits per heavy atom. The van der Waals surface area contributed by atoms with Crippen molar-refractivity contribution in [2.24, 2.45) is 5.92 Å². The van der Waals surface area contributed by atoms with Gasteiger partial charge in [-0.1, -0.05) is 12.1 Å². The smallest absolute Gasteiger partial charge is 0.311 e. The summed E-state index contributed by atoms with van der Waals surface area (Å²) < 4.78 is 15.2. The highest BCUT2D eigenvalue weighted by Gasteiger charge is 2.13. The Morgan fingerprint density at radius 1 is 1.22 bits per heavy atom. The Labute approximate surface area is 108 Å². The maximum atomic E-state index is 11.2. The van der Waals surface area contributed by atoms with Gasteiger partial charge in [-0.05, 0) is 31.0 Å². The molecule has 0 saturated carbocycles. The number of ether oxygens (including phenoxy) is 3. The van der Waals surface area contributed by atoms with Crippen LogP contribution in [0.15, 0.2) is 24.3 Å². The van der Waals surface area contributed by atoms with Gasteiger partial charge in [0.2, 0.25) is 0 Å². The van der Waals surface area contributed by atoms with Gasteiger partial charge >= 0.3 is 5.97 Å². The molecule has 0 bridgehead atoms. The van der Waals surface area contributed by atoms with Gasteiger partial charge in [0.25, 0.3) is 0 Å². The predicted octanol–water partition coefficient (Wildman–Crippen LogP) is 2.06. The Kier molecular flexibility index (Phi) is 6.22. The van der Waals surface area contributed by atoms with Gasteiger partial charge in [-0.25, -0.2) is 0 Å². The molecule has 1 aromatic rings. The van der Waals surface area contributed by atoms with Gasteiger partial charge in [-0.2, -0.15) is 0 Å². The monoisotopic (exact) mass is 252 g/mol. The van der Waals surface area contributed by atoms with Gasteiger partial charge in [-0.3, -0.25) is 4.79 Å². The van der Waals surface area contributed by atoms with E-state index in [1.807, 2.05) is 24.3 Å². The van der Waals surface area contributed by atoms with Crippen LogP contribution in [0.25, 0.3) is 0 Å². The van der Waals surface area contributed by atoms with E-state index in [9.17, 15) is 4.79 Å². The summed E-state index contributed by atoms with van der Waals surface area (Å²) in [4.78, 5) is 11.2. The molecule has 0 aliphatic carbocycles. The van der Waals surface area contributed by atoms with E-state index in [-0.39, 0.29) is 11.9 Å². The molecule has 1 rings (SSSR count). The van der Waals surface area contributed by atoms with Gasteiger partial charge in [0, 0.05) is 7.11 Å². The second kappa shape index (κ2) is 7.71. The fourth-order valence-corrected chi connectivity index (χ4v) is 1.46. The van der Waals surface area contributed by atoms with Crippen LogP contribution in [-0.2, 0) is 20.7 Å². The fraction of sp³-hybridized carbons (Fsp3) is 0.500. The van der Waals surface area contributed by atoms with Gasteiger partial charge < -0.3 is 14.2 Å².